The van der Waals surface area contributed by atoms with Crippen molar-refractivity contribution in [3.63, 3.8) is 0 Å². The zero-order chi connectivity index (χ0) is 13.2. The van der Waals surface area contributed by atoms with Gasteiger partial charge in [0.1, 0.15) is 0 Å². The Kier molecular flexibility index (Phi) is 3.43. The minimum Gasteiger partial charge on any atom is -0.465 e. The molecule has 0 unspecified atom stereocenters. The maximum absolute atomic E-state index is 11.4. The smallest absolute Gasteiger partial charge is 0.337 e. The quantitative estimate of drug-likeness (QED) is 0.541. The first kappa shape index (κ1) is 12.7. The van der Waals surface area contributed by atoms with E-state index in [0.717, 1.165) is 12.8 Å². The van der Waals surface area contributed by atoms with Crippen molar-refractivity contribution < 1.29 is 14.6 Å². The number of benzene rings is 1. The number of nitrogens with one attached hydrogen (secondary N) is 1. The molecule has 0 bridgehead atoms. The molecule has 1 aromatic rings. The second kappa shape index (κ2) is 4.86. The summed E-state index contributed by atoms with van der Waals surface area (Å²) in [6.45, 7) is 0.842. The maximum atomic E-state index is 11.4. The van der Waals surface area contributed by atoms with Gasteiger partial charge in [-0.3, -0.25) is 0 Å². The summed E-state index contributed by atoms with van der Waals surface area (Å²) >= 11 is 0. The minimum absolute atomic E-state index is 0.00624. The zero-order valence-electron chi connectivity index (χ0n) is 10.4. The first-order valence-corrected chi connectivity index (χ1v) is 5.93. The van der Waals surface area contributed by atoms with Crippen molar-refractivity contribution in [2.45, 2.75) is 12.8 Å². The van der Waals surface area contributed by atoms with Gasteiger partial charge in [-0.15, -0.1) is 0 Å². The molecule has 1 aliphatic carbocycles. The third-order valence-corrected chi connectivity index (χ3v) is 3.42. The van der Waals surface area contributed by atoms with E-state index < -0.39 is 0 Å². The molecule has 0 amide bonds. The van der Waals surface area contributed by atoms with Crippen molar-refractivity contribution in [2.75, 3.05) is 31.3 Å². The molecule has 0 saturated heterocycles. The molecule has 0 radical (unpaired) electrons. The van der Waals surface area contributed by atoms with Crippen LogP contribution in [0, 0.1) is 5.41 Å². The molecule has 1 saturated carbocycles. The lowest BCUT2D eigenvalue weighted by Crippen LogP contribution is -2.19. The van der Waals surface area contributed by atoms with Gasteiger partial charge >= 0.3 is 5.97 Å². The van der Waals surface area contributed by atoms with Gasteiger partial charge < -0.3 is 20.9 Å². The van der Waals surface area contributed by atoms with Gasteiger partial charge in [0.25, 0.3) is 0 Å². The molecule has 0 spiro atoms. The number of aliphatic hydroxyl groups excluding tert-OH is 1. The number of carbonyl (C=O) groups is 1. The van der Waals surface area contributed by atoms with E-state index >= 15 is 0 Å². The van der Waals surface area contributed by atoms with Crippen LogP contribution >= 0.6 is 0 Å². The number of carbonyl (C=O) groups excluding carboxylic acids is 1. The van der Waals surface area contributed by atoms with Gasteiger partial charge in [-0.05, 0) is 31.0 Å². The molecule has 5 heteroatoms. The molecule has 0 aromatic heterocycles. The summed E-state index contributed by atoms with van der Waals surface area (Å²) in [5, 5.41) is 12.4. The maximum Gasteiger partial charge on any atom is 0.337 e. The minimum atomic E-state index is -0.388. The van der Waals surface area contributed by atoms with Crippen LogP contribution in [0.1, 0.15) is 23.2 Å². The van der Waals surface area contributed by atoms with Crippen LogP contribution in [0.2, 0.25) is 0 Å². The highest BCUT2D eigenvalue weighted by molar-refractivity contribution is 5.91. The highest BCUT2D eigenvalue weighted by Gasteiger charge is 2.41. The van der Waals surface area contributed by atoms with Gasteiger partial charge in [0.2, 0.25) is 0 Å². The molecule has 98 valence electrons. The number of anilines is 2. The lowest BCUT2D eigenvalue weighted by molar-refractivity contribution is 0.0601. The number of esters is 1. The molecule has 1 fully saturated rings. The average molecular weight is 250 g/mol. The van der Waals surface area contributed by atoms with Crippen LogP contribution in [0.25, 0.3) is 0 Å². The molecule has 2 rings (SSSR count). The van der Waals surface area contributed by atoms with Gasteiger partial charge in [-0.2, -0.15) is 0 Å². The van der Waals surface area contributed by atoms with Crippen molar-refractivity contribution in [2.24, 2.45) is 5.41 Å². The first-order chi connectivity index (χ1) is 8.60. The number of nitrogen functional groups attached to an aromatic ring is 1. The fraction of sp³-hybridized carbons (Fsp3) is 0.462. The standard InChI is InChI=1S/C13H18N2O3/c1-18-12(17)9-2-3-10(14)11(6-9)15-7-13(8-16)4-5-13/h2-3,6,15-16H,4-5,7-8,14H2,1H3. The molecule has 0 atom stereocenters. The predicted octanol–water partition coefficient (Wildman–Crippen LogP) is 1.24. The third-order valence-electron chi connectivity index (χ3n) is 3.42. The predicted molar refractivity (Wildman–Crippen MR) is 69.4 cm³/mol. The fourth-order valence-electron chi connectivity index (χ4n) is 1.80. The Morgan fingerprint density at radius 3 is 2.83 bits per heavy atom. The van der Waals surface area contributed by atoms with E-state index in [0.29, 0.717) is 23.5 Å². The summed E-state index contributed by atoms with van der Waals surface area (Å²) in [5.41, 5.74) is 7.59. The Labute approximate surface area is 106 Å². The molecule has 5 nitrogen and oxygen atoms in total. The van der Waals surface area contributed by atoms with E-state index in [2.05, 4.69) is 10.1 Å². The van der Waals surface area contributed by atoms with E-state index in [9.17, 15) is 9.90 Å². The summed E-state index contributed by atoms with van der Waals surface area (Å²) in [6.07, 6.45) is 2.04. The number of methoxy groups -OCH3 is 1. The molecule has 4 N–H and O–H groups in total. The van der Waals surface area contributed by atoms with E-state index in [4.69, 9.17) is 5.73 Å². The highest BCUT2D eigenvalue weighted by Crippen LogP contribution is 2.45. The van der Waals surface area contributed by atoms with Gasteiger partial charge in [-0.25, -0.2) is 4.79 Å². The number of ether oxygens (including phenoxy) is 1. The zero-order valence-corrected chi connectivity index (χ0v) is 10.4. The van der Waals surface area contributed by atoms with E-state index in [1.165, 1.54) is 7.11 Å². The van der Waals surface area contributed by atoms with Crippen molar-refractivity contribution in [3.8, 4) is 0 Å². The molecule has 1 aromatic carbocycles. The van der Waals surface area contributed by atoms with Crippen LogP contribution in [-0.4, -0.2) is 31.3 Å². The van der Waals surface area contributed by atoms with Crippen LogP contribution in [0.4, 0.5) is 11.4 Å². The van der Waals surface area contributed by atoms with E-state index in [1.807, 2.05) is 0 Å². The Morgan fingerprint density at radius 1 is 1.56 bits per heavy atom. The van der Waals surface area contributed by atoms with Gasteiger partial charge in [0.15, 0.2) is 0 Å². The Balaban J connectivity index is 2.09. The molecular formula is C13H18N2O3. The van der Waals surface area contributed by atoms with E-state index in [1.54, 1.807) is 18.2 Å². The van der Waals surface area contributed by atoms with Crippen LogP contribution in [-0.2, 0) is 4.74 Å². The number of nitrogens with two attached hydrogens (primary N) is 1. The van der Waals surface area contributed by atoms with Crippen molar-refractivity contribution in [1.29, 1.82) is 0 Å². The van der Waals surface area contributed by atoms with Crippen LogP contribution in [0.15, 0.2) is 18.2 Å². The molecular weight excluding hydrogens is 232 g/mol. The largest absolute Gasteiger partial charge is 0.465 e. The van der Waals surface area contributed by atoms with Crippen LogP contribution < -0.4 is 11.1 Å². The van der Waals surface area contributed by atoms with Crippen LogP contribution in [0.3, 0.4) is 0 Å². The van der Waals surface area contributed by atoms with Gasteiger partial charge in [0.05, 0.1) is 30.7 Å². The summed E-state index contributed by atoms with van der Waals surface area (Å²) in [6, 6.07) is 4.98. The summed E-state index contributed by atoms with van der Waals surface area (Å²) in [5.74, 6) is -0.388. The summed E-state index contributed by atoms with van der Waals surface area (Å²) in [4.78, 5) is 11.4. The SMILES string of the molecule is COC(=O)c1ccc(N)c(NCC2(CO)CC2)c1. The Hall–Kier alpha value is -1.75. The van der Waals surface area contributed by atoms with Crippen molar-refractivity contribution in [3.05, 3.63) is 23.8 Å². The topological polar surface area (TPSA) is 84.6 Å². The monoisotopic (exact) mass is 250 g/mol. The lowest BCUT2D eigenvalue weighted by Gasteiger charge is -2.15. The summed E-state index contributed by atoms with van der Waals surface area (Å²) < 4.78 is 4.66. The highest BCUT2D eigenvalue weighted by atomic mass is 16.5. The number of hydrogen-bond donors (Lipinski definition) is 3. The first-order valence-electron chi connectivity index (χ1n) is 5.93. The fourth-order valence-corrected chi connectivity index (χ4v) is 1.80. The molecule has 0 heterocycles. The Bertz CT molecular complexity index is 456. The molecule has 0 aliphatic heterocycles. The second-order valence-corrected chi connectivity index (χ2v) is 4.81. The average Bonchev–Trinajstić information content (AvgIpc) is 3.17. The van der Waals surface area contributed by atoms with Crippen LogP contribution in [0.5, 0.6) is 0 Å². The number of hydrogen-bond acceptors (Lipinski definition) is 5. The molecule has 18 heavy (non-hydrogen) atoms. The number of rotatable bonds is 5. The van der Waals surface area contributed by atoms with Crippen molar-refractivity contribution >= 4 is 17.3 Å². The lowest BCUT2D eigenvalue weighted by atomic mass is 10.1. The van der Waals surface area contributed by atoms with E-state index in [-0.39, 0.29) is 18.0 Å². The van der Waals surface area contributed by atoms with Gasteiger partial charge in [0, 0.05) is 12.0 Å². The Morgan fingerprint density at radius 2 is 2.28 bits per heavy atom. The number of aliphatic hydroxyl groups is 1. The third kappa shape index (κ3) is 2.56. The van der Waals surface area contributed by atoms with Gasteiger partial charge in [-0.1, -0.05) is 0 Å². The molecule has 1 aliphatic rings. The second-order valence-electron chi connectivity index (χ2n) is 4.81. The van der Waals surface area contributed by atoms with Crippen molar-refractivity contribution in [1.82, 2.24) is 0 Å². The normalized spacial score (nSPS) is 16.1. The summed E-state index contributed by atoms with van der Waals surface area (Å²) in [7, 11) is 1.34.